The van der Waals surface area contributed by atoms with Crippen molar-refractivity contribution in [3.05, 3.63) is 71.3 Å². The lowest BCUT2D eigenvalue weighted by Crippen LogP contribution is -2.28. The number of hydrogen-bond donors (Lipinski definition) is 2. The fraction of sp³-hybridized carbons (Fsp3) is 0.188. The van der Waals surface area contributed by atoms with Gasteiger partial charge in [-0.25, -0.2) is 0 Å². The molecule has 0 aliphatic rings. The number of benzene rings is 2. The zero-order chi connectivity index (χ0) is 12.8. The van der Waals surface area contributed by atoms with E-state index in [4.69, 9.17) is 5.26 Å². The molecule has 18 heavy (non-hydrogen) atoms. The second-order valence-corrected chi connectivity index (χ2v) is 4.35. The van der Waals surface area contributed by atoms with E-state index in [-0.39, 0.29) is 6.04 Å². The summed E-state index contributed by atoms with van der Waals surface area (Å²) in [6.45, 7) is 2.80. The third-order valence-corrected chi connectivity index (χ3v) is 2.91. The predicted octanol–water partition coefficient (Wildman–Crippen LogP) is 1.60. The van der Waals surface area contributed by atoms with Gasteiger partial charge in [0.2, 0.25) is 0 Å². The van der Waals surface area contributed by atoms with Gasteiger partial charge in [-0.3, -0.25) is 5.32 Å². The van der Waals surface area contributed by atoms with E-state index in [1.54, 1.807) is 0 Å². The van der Waals surface area contributed by atoms with Gasteiger partial charge < -0.3 is 0 Å². The van der Waals surface area contributed by atoms with Crippen LogP contribution in [0, 0.1) is 13.0 Å². The molecule has 0 unspecified atom stereocenters. The summed E-state index contributed by atoms with van der Waals surface area (Å²) in [5, 5.41) is 10.7. The number of nitrogens with one attached hydrogen (secondary N) is 2. The molecule has 2 rings (SSSR count). The van der Waals surface area contributed by atoms with Crippen molar-refractivity contribution in [2.24, 2.45) is 0 Å². The van der Waals surface area contributed by atoms with E-state index in [0.29, 0.717) is 0 Å². The largest absolute Gasteiger partial charge is 0.294 e. The average Bonchev–Trinajstić information content (AvgIpc) is 2.42. The summed E-state index contributed by atoms with van der Waals surface area (Å²) in [6.07, 6.45) is 0. The second-order valence-electron chi connectivity index (χ2n) is 4.35. The van der Waals surface area contributed by atoms with Gasteiger partial charge in [0.05, 0.1) is 0 Å². The van der Waals surface area contributed by atoms with E-state index in [1.165, 1.54) is 11.1 Å². The number of rotatable bonds is 4. The predicted molar refractivity (Wildman–Crippen MR) is 72.1 cm³/mol. The van der Waals surface area contributed by atoms with Crippen molar-refractivity contribution in [3.63, 3.8) is 0 Å². The molecule has 0 spiro atoms. The highest BCUT2D eigenvalue weighted by Crippen LogP contribution is 2.13. The molecule has 90 valence electrons. The maximum absolute atomic E-state index is 7.40. The molecule has 2 heteroatoms. The molecule has 0 aliphatic carbocycles. The maximum atomic E-state index is 7.40. The van der Waals surface area contributed by atoms with Crippen molar-refractivity contribution in [3.8, 4) is 6.07 Å². The topological polar surface area (TPSA) is 35.8 Å². The van der Waals surface area contributed by atoms with Crippen LogP contribution in [0.5, 0.6) is 0 Å². The van der Waals surface area contributed by atoms with E-state index in [1.807, 2.05) is 30.3 Å². The van der Waals surface area contributed by atoms with Crippen LogP contribution >= 0.6 is 0 Å². The molecule has 0 fully saturated rings. The van der Waals surface area contributed by atoms with Gasteiger partial charge in [-0.15, -0.1) is 0 Å². The van der Waals surface area contributed by atoms with Crippen molar-refractivity contribution in [2.45, 2.75) is 19.5 Å². The first-order chi connectivity index (χ1) is 8.79. The minimum Gasteiger partial charge on any atom is -0.290 e. The van der Waals surface area contributed by atoms with Crippen LogP contribution in [0.15, 0.2) is 54.6 Å². The standard InChI is InChI=1S/C16H16N2/c1-13-7-9-15(10-8-13)16(11-17)18-12-14-5-3-2-4-6-14/h2-10,16,18H,12H2,1H3/p+1/t16-/m0/s1. The van der Waals surface area contributed by atoms with Gasteiger partial charge in [-0.05, 0) is 18.1 Å². The molecule has 0 aromatic heterocycles. The summed E-state index contributed by atoms with van der Waals surface area (Å²) in [5.74, 6) is 0. The van der Waals surface area contributed by atoms with Gasteiger partial charge in [0.1, 0.15) is 0 Å². The Labute approximate surface area is 108 Å². The third kappa shape index (κ3) is 3.19. The van der Waals surface area contributed by atoms with Crippen LogP contribution in [0.3, 0.4) is 0 Å². The zero-order valence-electron chi connectivity index (χ0n) is 10.5. The lowest BCUT2D eigenvalue weighted by atomic mass is 10.1. The van der Waals surface area contributed by atoms with Crippen LogP contribution in [0.1, 0.15) is 22.7 Å². The molecule has 1 atom stereocenters. The minimum absolute atomic E-state index is 0.147. The summed E-state index contributed by atoms with van der Waals surface area (Å²) in [7, 11) is 0. The van der Waals surface area contributed by atoms with Gasteiger partial charge in [-0.2, -0.15) is 0 Å². The van der Waals surface area contributed by atoms with E-state index in [0.717, 1.165) is 12.1 Å². The van der Waals surface area contributed by atoms with Crippen LogP contribution in [0.2, 0.25) is 0 Å². The molecule has 0 radical (unpaired) electrons. The number of aryl methyl sites for hydroxylation is 1. The van der Waals surface area contributed by atoms with Crippen LogP contribution in [0.25, 0.3) is 0 Å². The first kappa shape index (κ1) is 12.3. The zero-order valence-corrected chi connectivity index (χ0v) is 10.5. The van der Waals surface area contributed by atoms with Gasteiger partial charge >= 0.3 is 0 Å². The van der Waals surface area contributed by atoms with Crippen molar-refractivity contribution in [2.75, 3.05) is 0 Å². The molecule has 0 amide bonds. The quantitative estimate of drug-likeness (QED) is 0.832. The van der Waals surface area contributed by atoms with Crippen LogP contribution in [0.4, 0.5) is 0 Å². The Balaban J connectivity index is 2.02. The summed E-state index contributed by atoms with van der Waals surface area (Å²) in [4.78, 5) is 0. The fourth-order valence-corrected chi connectivity index (χ4v) is 1.83. The lowest BCUT2D eigenvalue weighted by Gasteiger charge is -2.10. The minimum atomic E-state index is -0.147. The molecule has 0 saturated carbocycles. The second kappa shape index (κ2) is 6.00. The molecule has 2 nitrogen and oxygen atoms in total. The van der Waals surface area contributed by atoms with Gasteiger partial charge in [-0.1, -0.05) is 65.4 Å². The smallest absolute Gasteiger partial charge is 0.290 e. The SMILES string of the molecule is Cc1ccc([C@H](C#[NH+])NCc2ccccc2)cc1. The summed E-state index contributed by atoms with van der Waals surface area (Å²) in [5.41, 5.74) is 3.52. The highest BCUT2D eigenvalue weighted by molar-refractivity contribution is 5.27. The van der Waals surface area contributed by atoms with Crippen LogP contribution in [-0.2, 0) is 6.54 Å². The Hall–Kier alpha value is -2.11. The monoisotopic (exact) mass is 237 g/mol. The van der Waals surface area contributed by atoms with E-state index < -0.39 is 0 Å². The Kier molecular flexibility index (Phi) is 4.11. The molecule has 0 saturated heterocycles. The van der Waals surface area contributed by atoms with E-state index in [2.05, 4.69) is 42.6 Å². The lowest BCUT2D eigenvalue weighted by molar-refractivity contribution is -0.0969. The molecular formula is C16H17N2+. The maximum Gasteiger partial charge on any atom is 0.294 e. The molecule has 0 aliphatic heterocycles. The molecule has 2 aromatic rings. The van der Waals surface area contributed by atoms with E-state index in [9.17, 15) is 0 Å². The van der Waals surface area contributed by atoms with Crippen molar-refractivity contribution >= 4 is 0 Å². The normalized spacial score (nSPS) is 11.8. The molecular weight excluding hydrogens is 220 g/mol. The Morgan fingerprint density at radius 1 is 1.06 bits per heavy atom. The van der Waals surface area contributed by atoms with Crippen LogP contribution < -0.4 is 10.6 Å². The number of hydrogen-bond acceptors (Lipinski definition) is 1. The van der Waals surface area contributed by atoms with Crippen molar-refractivity contribution in [1.82, 2.24) is 5.32 Å². The Bertz CT molecular complexity index is 523. The molecule has 2 N–H and O–H groups in total. The highest BCUT2D eigenvalue weighted by Gasteiger charge is 2.12. The summed E-state index contributed by atoms with van der Waals surface area (Å²) < 4.78 is 0. The Morgan fingerprint density at radius 3 is 2.33 bits per heavy atom. The molecule has 2 aromatic carbocycles. The van der Waals surface area contributed by atoms with Gasteiger partial charge in [0, 0.05) is 6.54 Å². The highest BCUT2D eigenvalue weighted by atomic mass is 14.9. The van der Waals surface area contributed by atoms with Crippen molar-refractivity contribution in [1.29, 1.82) is 0 Å². The third-order valence-electron chi connectivity index (χ3n) is 2.91. The van der Waals surface area contributed by atoms with Crippen LogP contribution in [-0.4, -0.2) is 0 Å². The molecule has 0 heterocycles. The summed E-state index contributed by atoms with van der Waals surface area (Å²) in [6, 6.07) is 20.8. The summed E-state index contributed by atoms with van der Waals surface area (Å²) >= 11 is 0. The van der Waals surface area contributed by atoms with E-state index >= 15 is 0 Å². The first-order valence-electron chi connectivity index (χ1n) is 6.06. The van der Waals surface area contributed by atoms with Gasteiger partial charge in [0.15, 0.2) is 6.04 Å². The van der Waals surface area contributed by atoms with Crippen molar-refractivity contribution < 1.29 is 5.26 Å². The fourth-order valence-electron chi connectivity index (χ4n) is 1.83. The first-order valence-corrected chi connectivity index (χ1v) is 6.06. The molecule has 0 bridgehead atoms. The Morgan fingerprint density at radius 2 is 1.72 bits per heavy atom. The van der Waals surface area contributed by atoms with Gasteiger partial charge in [0.25, 0.3) is 6.07 Å². The average molecular weight is 237 g/mol.